The largest absolute Gasteiger partial charge is 0.416 e. The lowest BCUT2D eigenvalue weighted by atomic mass is 9.75. The van der Waals surface area contributed by atoms with Crippen molar-refractivity contribution in [3.63, 3.8) is 0 Å². The minimum atomic E-state index is -4.38. The van der Waals surface area contributed by atoms with Crippen LogP contribution in [-0.2, 0) is 23.1 Å². The van der Waals surface area contributed by atoms with Gasteiger partial charge in [0.1, 0.15) is 0 Å². The van der Waals surface area contributed by atoms with E-state index in [9.17, 15) is 13.2 Å². The number of alkyl halides is 3. The first-order valence-electron chi connectivity index (χ1n) is 8.52. The van der Waals surface area contributed by atoms with Gasteiger partial charge in [0.05, 0.1) is 23.8 Å². The second-order valence-electron chi connectivity index (χ2n) is 6.61. The molecule has 1 fully saturated rings. The molecule has 0 spiro atoms. The lowest BCUT2D eigenvalue weighted by Gasteiger charge is -2.41. The van der Waals surface area contributed by atoms with Crippen LogP contribution in [0.1, 0.15) is 42.4 Å². The van der Waals surface area contributed by atoms with E-state index in [1.54, 1.807) is 6.07 Å². The molecule has 0 aromatic heterocycles. The van der Waals surface area contributed by atoms with Gasteiger partial charge in [-0.25, -0.2) is 0 Å². The Morgan fingerprint density at radius 2 is 1.68 bits per heavy atom. The van der Waals surface area contributed by atoms with E-state index >= 15 is 0 Å². The minimum Gasteiger partial charge on any atom is -0.371 e. The molecule has 2 unspecified atom stereocenters. The lowest BCUT2D eigenvalue weighted by molar-refractivity contribution is -0.139. The molecule has 2 atom stereocenters. The van der Waals surface area contributed by atoms with Crippen LogP contribution in [0, 0.1) is 0 Å². The predicted molar refractivity (Wildman–Crippen MR) is 90.8 cm³/mol. The van der Waals surface area contributed by atoms with E-state index in [-0.39, 0.29) is 18.3 Å². The Morgan fingerprint density at radius 1 is 1.00 bits per heavy atom. The number of benzene rings is 2. The Kier molecular flexibility index (Phi) is 5.16. The molecule has 5 heteroatoms. The van der Waals surface area contributed by atoms with Crippen LogP contribution >= 0.6 is 0 Å². The standard InChI is InChI=1S/C20H22F3NO/c21-20(22,23)17-11-5-4-8-15(17)14-25-18-12-6-7-13-19(18,24)16-9-2-1-3-10-16/h1-5,8-11,18H,6-7,12-14,24H2. The van der Waals surface area contributed by atoms with E-state index in [0.717, 1.165) is 37.3 Å². The van der Waals surface area contributed by atoms with E-state index in [0.29, 0.717) is 0 Å². The fourth-order valence-corrected chi connectivity index (χ4v) is 3.59. The molecular weight excluding hydrogens is 327 g/mol. The Hall–Kier alpha value is -1.85. The van der Waals surface area contributed by atoms with Gasteiger partial charge in [0, 0.05) is 0 Å². The van der Waals surface area contributed by atoms with Gasteiger partial charge >= 0.3 is 6.18 Å². The second kappa shape index (κ2) is 7.18. The van der Waals surface area contributed by atoms with E-state index in [1.165, 1.54) is 12.1 Å². The highest BCUT2D eigenvalue weighted by atomic mass is 19.4. The van der Waals surface area contributed by atoms with Gasteiger partial charge in [0.2, 0.25) is 0 Å². The van der Waals surface area contributed by atoms with Gasteiger partial charge in [0.25, 0.3) is 0 Å². The fourth-order valence-electron chi connectivity index (χ4n) is 3.59. The molecule has 2 aromatic carbocycles. The average molecular weight is 349 g/mol. The summed E-state index contributed by atoms with van der Waals surface area (Å²) in [5.74, 6) is 0. The zero-order chi connectivity index (χ0) is 17.9. The van der Waals surface area contributed by atoms with Gasteiger partial charge in [-0.2, -0.15) is 13.2 Å². The molecule has 25 heavy (non-hydrogen) atoms. The van der Waals surface area contributed by atoms with E-state index < -0.39 is 17.3 Å². The van der Waals surface area contributed by atoms with Gasteiger partial charge in [-0.15, -0.1) is 0 Å². The summed E-state index contributed by atoms with van der Waals surface area (Å²) in [6.07, 6.45) is -1.21. The monoisotopic (exact) mass is 349 g/mol. The number of halogens is 3. The molecule has 2 aromatic rings. The topological polar surface area (TPSA) is 35.2 Å². The molecule has 0 aliphatic heterocycles. The van der Waals surface area contributed by atoms with Gasteiger partial charge < -0.3 is 10.5 Å². The van der Waals surface area contributed by atoms with Crippen molar-refractivity contribution in [3.05, 3.63) is 71.3 Å². The Morgan fingerprint density at radius 3 is 2.40 bits per heavy atom. The normalized spacial score (nSPS) is 24.2. The summed E-state index contributed by atoms with van der Waals surface area (Å²) in [7, 11) is 0. The van der Waals surface area contributed by atoms with Crippen molar-refractivity contribution in [3.8, 4) is 0 Å². The molecule has 2 N–H and O–H groups in total. The SMILES string of the molecule is NC1(c2ccccc2)CCCCC1OCc1ccccc1C(F)(F)F. The van der Waals surface area contributed by atoms with Crippen LogP contribution in [0.3, 0.4) is 0 Å². The van der Waals surface area contributed by atoms with Crippen LogP contribution in [0.2, 0.25) is 0 Å². The Bertz CT molecular complexity index is 702. The van der Waals surface area contributed by atoms with Gasteiger partial charge in [-0.05, 0) is 30.0 Å². The minimum absolute atomic E-state index is 0.0911. The molecule has 0 heterocycles. The lowest BCUT2D eigenvalue weighted by Crippen LogP contribution is -2.51. The Labute approximate surface area is 145 Å². The number of nitrogens with two attached hydrogens (primary N) is 1. The van der Waals surface area contributed by atoms with Gasteiger partial charge in [-0.1, -0.05) is 61.4 Å². The van der Waals surface area contributed by atoms with Crippen molar-refractivity contribution in [2.75, 3.05) is 0 Å². The summed E-state index contributed by atoms with van der Waals surface area (Å²) in [4.78, 5) is 0. The first-order valence-corrected chi connectivity index (χ1v) is 8.52. The van der Waals surface area contributed by atoms with Gasteiger partial charge in [-0.3, -0.25) is 0 Å². The van der Waals surface area contributed by atoms with E-state index in [2.05, 4.69) is 0 Å². The zero-order valence-electron chi connectivity index (χ0n) is 13.9. The third kappa shape index (κ3) is 3.88. The second-order valence-corrected chi connectivity index (χ2v) is 6.61. The van der Waals surface area contributed by atoms with Crippen LogP contribution in [0.4, 0.5) is 13.2 Å². The molecule has 0 radical (unpaired) electrons. The average Bonchev–Trinajstić information content (AvgIpc) is 2.61. The molecule has 0 bridgehead atoms. The predicted octanol–water partition coefficient (Wildman–Crippen LogP) is 5.02. The quantitative estimate of drug-likeness (QED) is 0.841. The van der Waals surface area contributed by atoms with Crippen molar-refractivity contribution >= 4 is 0 Å². The van der Waals surface area contributed by atoms with Crippen molar-refractivity contribution in [2.45, 2.75) is 50.1 Å². The Balaban J connectivity index is 1.80. The number of rotatable bonds is 4. The first kappa shape index (κ1) is 18.0. The summed E-state index contributed by atoms with van der Waals surface area (Å²) >= 11 is 0. The number of hydrogen-bond donors (Lipinski definition) is 1. The molecule has 1 saturated carbocycles. The fraction of sp³-hybridized carbons (Fsp3) is 0.400. The highest BCUT2D eigenvalue weighted by Crippen LogP contribution is 2.38. The van der Waals surface area contributed by atoms with Crippen LogP contribution in [0.15, 0.2) is 54.6 Å². The van der Waals surface area contributed by atoms with Crippen molar-refractivity contribution < 1.29 is 17.9 Å². The molecular formula is C20H22F3NO. The van der Waals surface area contributed by atoms with Crippen molar-refractivity contribution in [2.24, 2.45) is 5.73 Å². The molecule has 0 saturated heterocycles. The molecule has 3 rings (SSSR count). The van der Waals surface area contributed by atoms with Crippen molar-refractivity contribution in [1.29, 1.82) is 0 Å². The highest BCUT2D eigenvalue weighted by Gasteiger charge is 2.40. The van der Waals surface area contributed by atoms with E-state index in [1.807, 2.05) is 30.3 Å². The van der Waals surface area contributed by atoms with Gasteiger partial charge in [0.15, 0.2) is 0 Å². The van der Waals surface area contributed by atoms with Crippen LogP contribution in [0.25, 0.3) is 0 Å². The molecule has 2 nitrogen and oxygen atoms in total. The molecule has 0 amide bonds. The maximum absolute atomic E-state index is 13.2. The molecule has 1 aliphatic rings. The highest BCUT2D eigenvalue weighted by molar-refractivity contribution is 5.30. The number of ether oxygens (including phenoxy) is 1. The summed E-state index contributed by atoms with van der Waals surface area (Å²) < 4.78 is 45.4. The van der Waals surface area contributed by atoms with E-state index in [4.69, 9.17) is 10.5 Å². The van der Waals surface area contributed by atoms with Crippen LogP contribution < -0.4 is 5.73 Å². The molecule has 1 aliphatic carbocycles. The molecule has 134 valence electrons. The summed E-state index contributed by atoms with van der Waals surface area (Å²) in [5.41, 5.74) is 6.48. The van der Waals surface area contributed by atoms with Crippen molar-refractivity contribution in [1.82, 2.24) is 0 Å². The summed E-state index contributed by atoms with van der Waals surface area (Å²) in [5, 5.41) is 0. The van der Waals surface area contributed by atoms with Crippen LogP contribution in [0.5, 0.6) is 0 Å². The smallest absolute Gasteiger partial charge is 0.371 e. The number of hydrogen-bond acceptors (Lipinski definition) is 2. The zero-order valence-corrected chi connectivity index (χ0v) is 13.9. The maximum atomic E-state index is 13.2. The summed E-state index contributed by atoms with van der Waals surface area (Å²) in [6, 6.07) is 15.2. The third-order valence-electron chi connectivity index (χ3n) is 4.96. The summed E-state index contributed by atoms with van der Waals surface area (Å²) in [6.45, 7) is -0.0911. The van der Waals surface area contributed by atoms with Crippen LogP contribution in [-0.4, -0.2) is 6.10 Å². The third-order valence-corrected chi connectivity index (χ3v) is 4.96. The maximum Gasteiger partial charge on any atom is 0.416 e. The first-order chi connectivity index (χ1) is 11.9.